The molecule has 3 aromatic rings. The highest BCUT2D eigenvalue weighted by atomic mass is 127. The van der Waals surface area contributed by atoms with Gasteiger partial charge in [-0.3, -0.25) is 0 Å². The number of halogens is 3. The van der Waals surface area contributed by atoms with E-state index in [-0.39, 0.29) is 25.8 Å². The number of carbonyl (C=O) groups excluding carboxylic acids is 1. The predicted molar refractivity (Wildman–Crippen MR) is 156 cm³/mol. The van der Waals surface area contributed by atoms with Gasteiger partial charge in [-0.15, -0.1) is 0 Å². The lowest BCUT2D eigenvalue weighted by Gasteiger charge is -2.41. The van der Waals surface area contributed by atoms with Gasteiger partial charge in [-0.05, 0) is 67.3 Å². The number of ether oxygens (including phenoxy) is 1. The first-order valence-corrected chi connectivity index (χ1v) is 13.9. The largest absolute Gasteiger partial charge is 0.444 e. The van der Waals surface area contributed by atoms with Crippen molar-refractivity contribution in [2.24, 2.45) is 0 Å². The van der Waals surface area contributed by atoms with E-state index in [0.29, 0.717) is 36.5 Å². The molecule has 1 unspecified atom stereocenters. The van der Waals surface area contributed by atoms with Crippen molar-refractivity contribution in [3.63, 3.8) is 0 Å². The van der Waals surface area contributed by atoms with Crippen LogP contribution in [0.4, 0.5) is 15.0 Å². The van der Waals surface area contributed by atoms with E-state index in [1.807, 2.05) is 79.5 Å². The summed E-state index contributed by atoms with van der Waals surface area (Å²) in [7, 11) is 0. The van der Waals surface area contributed by atoms with Crippen LogP contribution in [0.15, 0.2) is 29.1 Å². The van der Waals surface area contributed by atoms with Gasteiger partial charge < -0.3 is 14.5 Å². The molecular formula is C27H32ClFIN5O3. The van der Waals surface area contributed by atoms with Crippen LogP contribution in [0, 0.1) is 9.39 Å². The van der Waals surface area contributed by atoms with E-state index in [0.717, 1.165) is 5.56 Å². The maximum atomic E-state index is 15.1. The first-order chi connectivity index (χ1) is 17.6. The molecule has 2 aromatic heterocycles. The molecule has 1 aromatic carbocycles. The summed E-state index contributed by atoms with van der Waals surface area (Å²) in [4.78, 5) is 38.7. The number of carbonyl (C=O) groups is 1. The number of para-hydroxylation sites is 1. The first kappa shape index (κ1) is 28.5. The zero-order valence-electron chi connectivity index (χ0n) is 22.6. The fraction of sp³-hybridized carbons (Fsp3) is 0.481. The molecule has 1 aliphatic rings. The van der Waals surface area contributed by atoms with Crippen molar-refractivity contribution in [2.45, 2.75) is 65.5 Å². The first-order valence-electron chi connectivity index (χ1n) is 12.4. The average molecular weight is 656 g/mol. The van der Waals surface area contributed by atoms with Crippen LogP contribution in [-0.2, 0) is 10.2 Å². The van der Waals surface area contributed by atoms with Crippen molar-refractivity contribution in [3.05, 3.63) is 54.9 Å². The molecule has 1 saturated heterocycles. The molecule has 0 radical (unpaired) electrons. The Morgan fingerprint density at radius 1 is 1.13 bits per heavy atom. The summed E-state index contributed by atoms with van der Waals surface area (Å²) in [5, 5.41) is 0.0802. The number of aromatic nitrogens is 3. The zero-order valence-corrected chi connectivity index (χ0v) is 25.5. The van der Waals surface area contributed by atoms with Crippen molar-refractivity contribution in [1.29, 1.82) is 0 Å². The molecule has 38 heavy (non-hydrogen) atoms. The highest BCUT2D eigenvalue weighted by Crippen LogP contribution is 2.36. The van der Waals surface area contributed by atoms with Crippen LogP contribution in [0.25, 0.3) is 16.7 Å². The van der Waals surface area contributed by atoms with Gasteiger partial charge in [-0.25, -0.2) is 23.5 Å². The SMILES string of the molecule is CC1CN(C(=O)OC(C)(C)C)CCN1c1nc(=O)n(-c2ccccc2C(C)(C)C)c2nc(Cl)c(F)c(I)c12. The van der Waals surface area contributed by atoms with Gasteiger partial charge in [0.15, 0.2) is 16.6 Å². The fourth-order valence-corrected chi connectivity index (χ4v) is 5.71. The van der Waals surface area contributed by atoms with Crippen LogP contribution in [-0.4, -0.2) is 56.8 Å². The molecule has 11 heteroatoms. The molecule has 204 valence electrons. The molecule has 4 rings (SSSR count). The second kappa shape index (κ2) is 10.3. The third kappa shape index (κ3) is 5.47. The van der Waals surface area contributed by atoms with E-state index in [9.17, 15) is 9.59 Å². The summed E-state index contributed by atoms with van der Waals surface area (Å²) in [6.45, 7) is 14.6. The van der Waals surface area contributed by atoms with Crippen LogP contribution >= 0.6 is 34.2 Å². The normalized spacial score (nSPS) is 16.7. The second-order valence-electron chi connectivity index (χ2n) is 11.5. The van der Waals surface area contributed by atoms with E-state index in [2.05, 4.69) is 30.7 Å². The summed E-state index contributed by atoms with van der Waals surface area (Å²) in [5.41, 5.74) is 0.315. The summed E-state index contributed by atoms with van der Waals surface area (Å²) in [6, 6.07) is 7.31. The lowest BCUT2D eigenvalue weighted by atomic mass is 9.85. The Balaban J connectivity index is 1.88. The molecule has 1 aliphatic heterocycles. The number of benzene rings is 1. The predicted octanol–water partition coefficient (Wildman–Crippen LogP) is 5.92. The molecule has 8 nitrogen and oxygen atoms in total. The van der Waals surface area contributed by atoms with E-state index < -0.39 is 23.2 Å². The van der Waals surface area contributed by atoms with Gasteiger partial charge in [0.1, 0.15) is 11.4 Å². The number of pyridine rings is 1. The Labute approximate surface area is 240 Å². The third-order valence-electron chi connectivity index (χ3n) is 6.35. The van der Waals surface area contributed by atoms with Crippen molar-refractivity contribution < 1.29 is 13.9 Å². The molecule has 0 spiro atoms. The minimum Gasteiger partial charge on any atom is -0.444 e. The number of nitrogens with zero attached hydrogens (tertiary/aromatic N) is 5. The van der Waals surface area contributed by atoms with Crippen molar-refractivity contribution in [2.75, 3.05) is 24.5 Å². The van der Waals surface area contributed by atoms with Gasteiger partial charge in [-0.2, -0.15) is 4.98 Å². The molecule has 0 N–H and O–H groups in total. The van der Waals surface area contributed by atoms with Crippen molar-refractivity contribution in [1.82, 2.24) is 19.4 Å². The lowest BCUT2D eigenvalue weighted by Crippen LogP contribution is -2.55. The Morgan fingerprint density at radius 2 is 1.79 bits per heavy atom. The number of hydrogen-bond donors (Lipinski definition) is 0. The number of amides is 1. The highest BCUT2D eigenvalue weighted by Gasteiger charge is 2.33. The minimum absolute atomic E-state index is 0.224. The van der Waals surface area contributed by atoms with Crippen molar-refractivity contribution >= 4 is 57.1 Å². The van der Waals surface area contributed by atoms with E-state index in [1.165, 1.54) is 4.57 Å². The minimum atomic E-state index is -0.669. The van der Waals surface area contributed by atoms with Crippen LogP contribution < -0.4 is 10.6 Å². The Kier molecular flexibility index (Phi) is 7.70. The maximum Gasteiger partial charge on any atom is 0.410 e. The fourth-order valence-electron chi connectivity index (χ4n) is 4.64. The van der Waals surface area contributed by atoms with E-state index >= 15 is 4.39 Å². The number of fused-ring (bicyclic) bond motifs is 1. The number of piperazine rings is 1. The number of anilines is 1. The van der Waals surface area contributed by atoms with Gasteiger partial charge in [0.05, 0.1) is 14.6 Å². The third-order valence-corrected chi connectivity index (χ3v) is 7.62. The monoisotopic (exact) mass is 655 g/mol. The molecule has 1 fully saturated rings. The number of hydrogen-bond acceptors (Lipinski definition) is 6. The maximum absolute atomic E-state index is 15.1. The summed E-state index contributed by atoms with van der Waals surface area (Å²) in [6.07, 6.45) is -0.398. The standard InChI is InChI=1S/C27H32ClFIN5O3/c1-15-14-33(25(37)38-27(5,6)7)12-13-34(15)22-18-20(30)19(29)21(28)31-23(18)35(24(36)32-22)17-11-9-8-10-16(17)26(2,3)4/h8-11,15H,12-14H2,1-7H3. The molecule has 1 atom stereocenters. The quantitative estimate of drug-likeness (QED) is 0.252. The molecule has 3 heterocycles. The van der Waals surface area contributed by atoms with Crippen LogP contribution in [0.3, 0.4) is 0 Å². The van der Waals surface area contributed by atoms with Crippen molar-refractivity contribution in [3.8, 4) is 5.69 Å². The molecular weight excluding hydrogens is 624 g/mol. The molecule has 0 bridgehead atoms. The summed E-state index contributed by atoms with van der Waals surface area (Å²) < 4.78 is 22.3. The topological polar surface area (TPSA) is 80.6 Å². The highest BCUT2D eigenvalue weighted by molar-refractivity contribution is 14.1. The molecule has 1 amide bonds. The Bertz CT molecular complexity index is 1460. The van der Waals surface area contributed by atoms with Gasteiger partial charge in [0, 0.05) is 25.7 Å². The summed E-state index contributed by atoms with van der Waals surface area (Å²) >= 11 is 8.10. The molecule has 0 aliphatic carbocycles. The Morgan fingerprint density at radius 3 is 2.39 bits per heavy atom. The van der Waals surface area contributed by atoms with Gasteiger partial charge >= 0.3 is 11.8 Å². The average Bonchev–Trinajstić information content (AvgIpc) is 2.80. The van der Waals surface area contributed by atoms with Crippen LogP contribution in [0.1, 0.15) is 54.0 Å². The van der Waals surface area contributed by atoms with E-state index in [1.54, 1.807) is 4.90 Å². The van der Waals surface area contributed by atoms with Crippen LogP contribution in [0.5, 0.6) is 0 Å². The van der Waals surface area contributed by atoms with Gasteiger partial charge in [0.25, 0.3) is 0 Å². The van der Waals surface area contributed by atoms with E-state index in [4.69, 9.17) is 16.3 Å². The lowest BCUT2D eigenvalue weighted by molar-refractivity contribution is 0.0218. The Hall–Kier alpha value is -2.47. The number of rotatable bonds is 2. The van der Waals surface area contributed by atoms with Gasteiger partial charge in [-0.1, -0.05) is 50.6 Å². The zero-order chi connectivity index (χ0) is 28.2. The smallest absolute Gasteiger partial charge is 0.410 e. The summed E-state index contributed by atoms with van der Waals surface area (Å²) in [5.74, 6) is -0.351. The second-order valence-corrected chi connectivity index (χ2v) is 13.0. The van der Waals surface area contributed by atoms with Gasteiger partial charge in [0.2, 0.25) is 0 Å². The molecule has 0 saturated carbocycles. The van der Waals surface area contributed by atoms with Crippen LogP contribution in [0.2, 0.25) is 5.15 Å².